The van der Waals surface area contributed by atoms with Crippen molar-refractivity contribution in [2.24, 2.45) is 11.7 Å². The summed E-state index contributed by atoms with van der Waals surface area (Å²) < 4.78 is 0. The van der Waals surface area contributed by atoms with Crippen LogP contribution in [0.1, 0.15) is 11.1 Å². The summed E-state index contributed by atoms with van der Waals surface area (Å²) >= 11 is 0. The number of nitrogens with one attached hydrogen (secondary N) is 1. The zero-order valence-corrected chi connectivity index (χ0v) is 16.6. The quantitative estimate of drug-likeness (QED) is 0.720. The molecule has 0 saturated carbocycles. The number of nitrogens with two attached hydrogens (primary N) is 1. The van der Waals surface area contributed by atoms with Crippen LogP contribution in [0.25, 0.3) is 10.9 Å². The number of H-pyrrole nitrogens is 1. The van der Waals surface area contributed by atoms with Gasteiger partial charge in [0.15, 0.2) is 0 Å². The molecule has 3 N–H and O–H groups in total. The zero-order chi connectivity index (χ0) is 19.7. The number of aromatic nitrogens is 1. The van der Waals surface area contributed by atoms with Crippen LogP contribution in [0.4, 0.5) is 5.69 Å². The van der Waals surface area contributed by atoms with Gasteiger partial charge in [-0.2, -0.15) is 0 Å². The van der Waals surface area contributed by atoms with Crippen molar-refractivity contribution in [3.05, 3.63) is 65.9 Å². The van der Waals surface area contributed by atoms with Crippen molar-refractivity contribution < 1.29 is 4.79 Å². The third kappa shape index (κ3) is 3.68. The summed E-state index contributed by atoms with van der Waals surface area (Å²) in [7, 11) is 4.16. The summed E-state index contributed by atoms with van der Waals surface area (Å²) in [5.74, 6) is 0.412. The molecule has 0 bridgehead atoms. The fraction of sp³-hybridized carbons (Fsp3) is 0.348. The van der Waals surface area contributed by atoms with Gasteiger partial charge in [0.05, 0.1) is 6.04 Å². The number of fused-ring (bicyclic) bond motifs is 2. The molecule has 1 aliphatic heterocycles. The number of aromatic amines is 1. The lowest BCUT2D eigenvalue weighted by Gasteiger charge is -2.37. The normalized spacial score (nSPS) is 17.7. The van der Waals surface area contributed by atoms with E-state index in [0.717, 1.165) is 41.7 Å². The van der Waals surface area contributed by atoms with Crippen LogP contribution in [0.2, 0.25) is 0 Å². The Kier molecular flexibility index (Phi) is 5.20. The number of hydrogen-bond acceptors (Lipinski definition) is 3. The maximum Gasteiger partial charge on any atom is 0.244 e. The van der Waals surface area contributed by atoms with Gasteiger partial charge in [-0.15, -0.1) is 0 Å². The predicted octanol–water partition coefficient (Wildman–Crippen LogP) is 2.80. The molecule has 0 radical (unpaired) electrons. The monoisotopic (exact) mass is 376 g/mol. The summed E-state index contributed by atoms with van der Waals surface area (Å²) in [5.41, 5.74) is 10.8. The second-order valence-corrected chi connectivity index (χ2v) is 8.08. The number of carbonyl (C=O) groups is 1. The van der Waals surface area contributed by atoms with Gasteiger partial charge in [0.1, 0.15) is 0 Å². The number of rotatable bonds is 5. The summed E-state index contributed by atoms with van der Waals surface area (Å²) in [6.45, 7) is 1.67. The molecule has 2 atom stereocenters. The van der Waals surface area contributed by atoms with Crippen molar-refractivity contribution in [2.75, 3.05) is 32.1 Å². The van der Waals surface area contributed by atoms with Crippen molar-refractivity contribution in [2.45, 2.75) is 18.9 Å². The van der Waals surface area contributed by atoms with Gasteiger partial charge in [0.2, 0.25) is 5.91 Å². The van der Waals surface area contributed by atoms with E-state index in [1.165, 1.54) is 5.56 Å². The van der Waals surface area contributed by atoms with Gasteiger partial charge < -0.3 is 20.5 Å². The van der Waals surface area contributed by atoms with Gasteiger partial charge in [0.25, 0.3) is 0 Å². The first-order chi connectivity index (χ1) is 13.5. The Morgan fingerprint density at radius 3 is 2.79 bits per heavy atom. The van der Waals surface area contributed by atoms with Crippen molar-refractivity contribution in [3.8, 4) is 0 Å². The lowest BCUT2D eigenvalue weighted by molar-refractivity contribution is -0.120. The lowest BCUT2D eigenvalue weighted by atomic mass is 9.91. The number of amides is 1. The lowest BCUT2D eigenvalue weighted by Crippen LogP contribution is -2.50. The second-order valence-electron chi connectivity index (χ2n) is 8.08. The first kappa shape index (κ1) is 18.7. The minimum atomic E-state index is -0.564. The maximum absolute atomic E-state index is 13.3. The first-order valence-corrected chi connectivity index (χ1v) is 9.87. The van der Waals surface area contributed by atoms with Gasteiger partial charge in [-0.3, -0.25) is 4.79 Å². The summed E-state index contributed by atoms with van der Waals surface area (Å²) in [6, 6.07) is 15.8. The molecule has 0 fully saturated rings. The van der Waals surface area contributed by atoms with E-state index < -0.39 is 6.04 Å². The van der Waals surface area contributed by atoms with Crippen molar-refractivity contribution >= 4 is 22.5 Å². The Labute approximate surface area is 166 Å². The molecule has 0 aliphatic carbocycles. The fourth-order valence-corrected chi connectivity index (χ4v) is 4.35. The number of anilines is 1. The molecule has 0 saturated heterocycles. The average Bonchev–Trinajstić information content (AvgIpc) is 3.09. The molecule has 1 unspecified atom stereocenters. The van der Waals surface area contributed by atoms with Crippen LogP contribution in [0.3, 0.4) is 0 Å². The zero-order valence-electron chi connectivity index (χ0n) is 16.6. The molecule has 146 valence electrons. The van der Waals surface area contributed by atoms with Crippen LogP contribution >= 0.6 is 0 Å². The van der Waals surface area contributed by atoms with E-state index in [-0.39, 0.29) is 5.91 Å². The third-order valence-electron chi connectivity index (χ3n) is 5.55. The number of nitrogens with zero attached hydrogens (tertiary/aromatic N) is 2. The van der Waals surface area contributed by atoms with E-state index in [9.17, 15) is 4.79 Å². The molecule has 1 aromatic heterocycles. The molecule has 28 heavy (non-hydrogen) atoms. The molecule has 4 rings (SSSR count). The highest BCUT2D eigenvalue weighted by atomic mass is 16.2. The van der Waals surface area contributed by atoms with E-state index in [1.54, 1.807) is 0 Å². The Bertz CT molecular complexity index is 977. The van der Waals surface area contributed by atoms with E-state index in [0.29, 0.717) is 12.3 Å². The summed E-state index contributed by atoms with van der Waals surface area (Å²) in [4.78, 5) is 20.7. The van der Waals surface area contributed by atoms with E-state index in [1.807, 2.05) is 47.5 Å². The van der Waals surface area contributed by atoms with Gasteiger partial charge >= 0.3 is 0 Å². The molecule has 2 heterocycles. The van der Waals surface area contributed by atoms with Crippen LogP contribution in [-0.2, 0) is 17.6 Å². The number of hydrogen-bond donors (Lipinski definition) is 2. The highest BCUT2D eigenvalue weighted by Crippen LogP contribution is 2.30. The highest BCUT2D eigenvalue weighted by Gasteiger charge is 2.31. The van der Waals surface area contributed by atoms with Crippen LogP contribution in [-0.4, -0.2) is 49.0 Å². The molecule has 3 aromatic rings. The standard InChI is InChI=1S/C23H28N4O/c1-26(2)14-16-11-17-7-3-6-10-22(17)27(15-16)23(28)20(24)12-18-13-25-21-9-5-4-8-19(18)21/h3-10,13,16,20,25H,11-12,14-15,24H2,1-2H3/t16?,20-/m1/s1. The van der Waals surface area contributed by atoms with Crippen molar-refractivity contribution in [3.63, 3.8) is 0 Å². The minimum Gasteiger partial charge on any atom is -0.361 e. The van der Waals surface area contributed by atoms with Gasteiger partial charge in [0, 0.05) is 35.9 Å². The number of benzene rings is 2. The predicted molar refractivity (Wildman–Crippen MR) is 115 cm³/mol. The minimum absolute atomic E-state index is 0.00110. The van der Waals surface area contributed by atoms with Crippen LogP contribution in [0, 0.1) is 5.92 Å². The fourth-order valence-electron chi connectivity index (χ4n) is 4.35. The van der Waals surface area contributed by atoms with Crippen LogP contribution in [0.15, 0.2) is 54.7 Å². The Morgan fingerprint density at radius 1 is 1.21 bits per heavy atom. The van der Waals surface area contributed by atoms with Gasteiger partial charge in [-0.05, 0) is 56.1 Å². The highest BCUT2D eigenvalue weighted by molar-refractivity contribution is 5.98. The van der Waals surface area contributed by atoms with E-state index >= 15 is 0 Å². The molecule has 1 aliphatic rings. The Hall–Kier alpha value is -2.63. The number of carbonyl (C=O) groups excluding carboxylic acids is 1. The summed E-state index contributed by atoms with van der Waals surface area (Å²) in [5, 5.41) is 1.13. The maximum atomic E-state index is 13.3. The molecule has 1 amide bonds. The Morgan fingerprint density at radius 2 is 1.96 bits per heavy atom. The van der Waals surface area contributed by atoms with Crippen molar-refractivity contribution in [1.82, 2.24) is 9.88 Å². The van der Waals surface area contributed by atoms with Gasteiger partial charge in [-0.1, -0.05) is 36.4 Å². The number of para-hydroxylation sites is 2. The molecule has 5 heteroatoms. The SMILES string of the molecule is CN(C)CC1Cc2ccccc2N(C(=O)[C@H](N)Cc2c[nH]c3ccccc23)C1. The third-order valence-corrected chi connectivity index (χ3v) is 5.55. The van der Waals surface area contributed by atoms with Crippen molar-refractivity contribution in [1.29, 1.82) is 0 Å². The Balaban J connectivity index is 1.57. The van der Waals surface area contributed by atoms with E-state index in [4.69, 9.17) is 5.73 Å². The molecular formula is C23H28N4O. The van der Waals surface area contributed by atoms with Crippen LogP contribution < -0.4 is 10.6 Å². The van der Waals surface area contributed by atoms with E-state index in [2.05, 4.69) is 36.1 Å². The second kappa shape index (κ2) is 7.78. The molecule has 5 nitrogen and oxygen atoms in total. The molecule has 2 aromatic carbocycles. The topological polar surface area (TPSA) is 65.4 Å². The van der Waals surface area contributed by atoms with Gasteiger partial charge in [-0.25, -0.2) is 0 Å². The largest absolute Gasteiger partial charge is 0.361 e. The molecular weight excluding hydrogens is 348 g/mol. The average molecular weight is 377 g/mol. The molecule has 0 spiro atoms. The smallest absolute Gasteiger partial charge is 0.244 e. The summed E-state index contributed by atoms with van der Waals surface area (Å²) in [6.07, 6.45) is 3.49. The first-order valence-electron chi connectivity index (χ1n) is 9.87. The van der Waals surface area contributed by atoms with Crippen LogP contribution in [0.5, 0.6) is 0 Å².